The molecule has 0 unspecified atom stereocenters. The van der Waals surface area contributed by atoms with Crippen LogP contribution in [0.1, 0.15) is 25.2 Å². The first-order valence-electron chi connectivity index (χ1n) is 11.1. The molecule has 0 aliphatic rings. The third-order valence-corrected chi connectivity index (χ3v) is 5.55. The fourth-order valence-electron chi connectivity index (χ4n) is 3.64. The van der Waals surface area contributed by atoms with Gasteiger partial charge in [0.2, 0.25) is 0 Å². The van der Waals surface area contributed by atoms with Crippen molar-refractivity contribution in [2.45, 2.75) is 27.7 Å². The highest BCUT2D eigenvalue weighted by Crippen LogP contribution is 2.31. The molecule has 0 amide bonds. The minimum absolute atomic E-state index is 0.273. The average Bonchev–Trinajstić information content (AvgIpc) is 3.46. The van der Waals surface area contributed by atoms with E-state index in [0.717, 1.165) is 28.2 Å². The molecular formula is C25H25BrFN7O. The van der Waals surface area contributed by atoms with Crippen molar-refractivity contribution in [3.8, 4) is 22.7 Å². The van der Waals surface area contributed by atoms with Crippen molar-refractivity contribution in [2.24, 2.45) is 0 Å². The predicted octanol–water partition coefficient (Wildman–Crippen LogP) is 6.27. The Bertz CT molecular complexity index is 1490. The van der Waals surface area contributed by atoms with Gasteiger partial charge in [0.25, 0.3) is 0 Å². The fourth-order valence-corrected chi connectivity index (χ4v) is 4.04. The topological polar surface area (TPSA) is 82.2 Å². The number of aryl methyl sites for hydroxylation is 2. The Hall–Kier alpha value is -3.79. The molecule has 0 aliphatic carbocycles. The number of hydrogen-bond donors (Lipinski definition) is 1. The number of rotatable bonds is 5. The summed E-state index contributed by atoms with van der Waals surface area (Å²) < 4.78 is 23.3. The molecule has 1 N–H and O–H groups in total. The molecular weight excluding hydrogens is 513 g/mol. The lowest BCUT2D eigenvalue weighted by Crippen LogP contribution is -2.02. The van der Waals surface area contributed by atoms with Gasteiger partial charge in [-0.15, -0.1) is 0 Å². The van der Waals surface area contributed by atoms with Crippen LogP contribution in [-0.2, 0) is 0 Å². The van der Waals surface area contributed by atoms with Gasteiger partial charge in [0.05, 0.1) is 12.8 Å². The molecule has 8 nitrogen and oxygen atoms in total. The SMILES string of the molecule is CC.COc1cc(Nc2nc(Br)cn3cc(-c4ccc(F)cc4C)nc23)ccc1-n1cnc(C)n1. The second-order valence-corrected chi connectivity index (χ2v) is 8.29. The van der Waals surface area contributed by atoms with Crippen molar-refractivity contribution in [3.63, 3.8) is 0 Å². The van der Waals surface area contributed by atoms with Crippen molar-refractivity contribution in [3.05, 3.63) is 76.9 Å². The second kappa shape index (κ2) is 10.2. The highest BCUT2D eigenvalue weighted by atomic mass is 79.9. The molecule has 180 valence electrons. The van der Waals surface area contributed by atoms with E-state index in [4.69, 9.17) is 9.72 Å². The van der Waals surface area contributed by atoms with Gasteiger partial charge in [0.15, 0.2) is 11.5 Å². The lowest BCUT2D eigenvalue weighted by atomic mass is 10.1. The molecule has 35 heavy (non-hydrogen) atoms. The Morgan fingerprint density at radius 1 is 1.03 bits per heavy atom. The molecule has 5 aromatic rings. The molecule has 0 saturated heterocycles. The zero-order valence-electron chi connectivity index (χ0n) is 20.0. The largest absolute Gasteiger partial charge is 0.494 e. The summed E-state index contributed by atoms with van der Waals surface area (Å²) in [5.41, 5.74) is 4.56. The summed E-state index contributed by atoms with van der Waals surface area (Å²) in [5.74, 6) is 1.58. The van der Waals surface area contributed by atoms with Crippen molar-refractivity contribution < 1.29 is 9.13 Å². The Morgan fingerprint density at radius 2 is 1.83 bits per heavy atom. The highest BCUT2D eigenvalue weighted by molar-refractivity contribution is 9.10. The second-order valence-electron chi connectivity index (χ2n) is 7.48. The summed E-state index contributed by atoms with van der Waals surface area (Å²) >= 11 is 3.47. The number of methoxy groups -OCH3 is 1. The Kier molecular flexibility index (Phi) is 7.11. The minimum Gasteiger partial charge on any atom is -0.494 e. The van der Waals surface area contributed by atoms with Crippen LogP contribution in [0.15, 0.2) is 59.7 Å². The van der Waals surface area contributed by atoms with Gasteiger partial charge in [-0.2, -0.15) is 5.10 Å². The maximum absolute atomic E-state index is 13.6. The van der Waals surface area contributed by atoms with E-state index in [2.05, 4.69) is 36.3 Å². The van der Waals surface area contributed by atoms with E-state index in [1.165, 1.54) is 12.1 Å². The maximum atomic E-state index is 13.6. The van der Waals surface area contributed by atoms with Crippen LogP contribution < -0.4 is 10.1 Å². The van der Waals surface area contributed by atoms with Crippen LogP contribution in [0.2, 0.25) is 0 Å². The molecule has 0 fully saturated rings. The average molecular weight is 538 g/mol. The molecule has 3 heterocycles. The summed E-state index contributed by atoms with van der Waals surface area (Å²) in [6.07, 6.45) is 5.36. The van der Waals surface area contributed by atoms with Gasteiger partial charge in [-0.05, 0) is 65.7 Å². The smallest absolute Gasteiger partial charge is 0.181 e. The van der Waals surface area contributed by atoms with Gasteiger partial charge in [-0.3, -0.25) is 0 Å². The van der Waals surface area contributed by atoms with Gasteiger partial charge < -0.3 is 14.5 Å². The zero-order valence-corrected chi connectivity index (χ0v) is 21.6. The van der Waals surface area contributed by atoms with Crippen LogP contribution >= 0.6 is 15.9 Å². The van der Waals surface area contributed by atoms with E-state index in [1.54, 1.807) is 24.2 Å². The summed E-state index contributed by atoms with van der Waals surface area (Å²) in [5, 5.41) is 7.67. The molecule has 5 rings (SSSR count). The number of benzene rings is 2. The lowest BCUT2D eigenvalue weighted by molar-refractivity contribution is 0.412. The third-order valence-electron chi connectivity index (χ3n) is 5.17. The first-order valence-corrected chi connectivity index (χ1v) is 11.9. The van der Waals surface area contributed by atoms with Gasteiger partial charge in [-0.1, -0.05) is 13.8 Å². The maximum Gasteiger partial charge on any atom is 0.181 e. The van der Waals surface area contributed by atoms with Crippen LogP contribution in [0.4, 0.5) is 15.9 Å². The Labute approximate surface area is 211 Å². The summed E-state index contributed by atoms with van der Waals surface area (Å²) in [6.45, 7) is 7.69. The quantitative estimate of drug-likeness (QED) is 0.284. The number of aromatic nitrogens is 6. The Morgan fingerprint density at radius 3 is 2.51 bits per heavy atom. The number of halogens is 2. The van der Waals surface area contributed by atoms with Crippen molar-refractivity contribution in [2.75, 3.05) is 12.4 Å². The highest BCUT2D eigenvalue weighted by Gasteiger charge is 2.15. The normalized spacial score (nSPS) is 10.7. The van der Waals surface area contributed by atoms with Crippen LogP contribution in [0, 0.1) is 19.7 Å². The number of ether oxygens (including phenoxy) is 1. The Balaban J connectivity index is 0.00000141. The van der Waals surface area contributed by atoms with Crippen molar-refractivity contribution in [1.82, 2.24) is 29.1 Å². The van der Waals surface area contributed by atoms with E-state index in [9.17, 15) is 4.39 Å². The van der Waals surface area contributed by atoms with E-state index >= 15 is 0 Å². The van der Waals surface area contributed by atoms with Crippen molar-refractivity contribution >= 4 is 33.1 Å². The fraction of sp³-hybridized carbons (Fsp3) is 0.200. The molecule has 0 radical (unpaired) electrons. The van der Waals surface area contributed by atoms with E-state index in [0.29, 0.717) is 27.6 Å². The molecule has 2 aromatic carbocycles. The number of anilines is 2. The molecule has 0 atom stereocenters. The molecule has 0 bridgehead atoms. The first kappa shape index (κ1) is 24.3. The summed E-state index contributed by atoms with van der Waals surface area (Å²) in [4.78, 5) is 13.5. The van der Waals surface area contributed by atoms with Crippen LogP contribution in [0.25, 0.3) is 22.6 Å². The summed E-state index contributed by atoms with van der Waals surface area (Å²) in [7, 11) is 1.61. The number of nitrogens with one attached hydrogen (secondary N) is 1. The van der Waals surface area contributed by atoms with Gasteiger partial charge in [-0.25, -0.2) is 24.0 Å². The van der Waals surface area contributed by atoms with E-state index < -0.39 is 0 Å². The van der Waals surface area contributed by atoms with Crippen molar-refractivity contribution in [1.29, 1.82) is 0 Å². The first-order chi connectivity index (χ1) is 16.9. The molecule has 10 heteroatoms. The van der Waals surface area contributed by atoms with E-state index in [1.807, 2.05) is 62.7 Å². The molecule has 0 spiro atoms. The van der Waals surface area contributed by atoms with Gasteiger partial charge in [0, 0.05) is 29.7 Å². The third kappa shape index (κ3) is 5.02. The van der Waals surface area contributed by atoms with Crippen LogP contribution in [-0.4, -0.2) is 36.2 Å². The number of imidazole rings is 1. The van der Waals surface area contributed by atoms with Crippen LogP contribution in [0.5, 0.6) is 5.75 Å². The standard InChI is InChI=1S/C23H19BrFN7O.C2H6/c1-13-8-15(25)4-6-17(13)18-10-31-11-21(24)29-22(23(31)28-18)27-16-5-7-19(20(9-16)33-3)32-12-26-14(2)30-32;1-2/h4-12H,1-3H3,(H,27,29);1-2H3. The summed E-state index contributed by atoms with van der Waals surface area (Å²) in [6, 6.07) is 10.3. The molecule has 0 saturated carbocycles. The number of fused-ring (bicyclic) bond motifs is 1. The van der Waals surface area contributed by atoms with Gasteiger partial charge >= 0.3 is 0 Å². The van der Waals surface area contributed by atoms with Crippen LogP contribution in [0.3, 0.4) is 0 Å². The lowest BCUT2D eigenvalue weighted by Gasteiger charge is -2.12. The molecule has 0 aliphatic heterocycles. The number of nitrogens with zero attached hydrogens (tertiary/aromatic N) is 6. The van der Waals surface area contributed by atoms with E-state index in [-0.39, 0.29) is 5.82 Å². The minimum atomic E-state index is -0.273. The van der Waals surface area contributed by atoms with Gasteiger partial charge in [0.1, 0.15) is 34.0 Å². The zero-order chi connectivity index (χ0) is 25.1. The monoisotopic (exact) mass is 537 g/mol. The number of hydrogen-bond acceptors (Lipinski definition) is 6. The predicted molar refractivity (Wildman–Crippen MR) is 138 cm³/mol. The molecule has 3 aromatic heterocycles.